The van der Waals surface area contributed by atoms with Crippen molar-refractivity contribution in [3.05, 3.63) is 66.0 Å². The van der Waals surface area contributed by atoms with E-state index < -0.39 is 0 Å². The van der Waals surface area contributed by atoms with Gasteiger partial charge in [0.1, 0.15) is 6.33 Å². The second kappa shape index (κ2) is 7.64. The van der Waals surface area contributed by atoms with E-state index in [1.54, 1.807) is 30.2 Å². The second-order valence-corrected chi connectivity index (χ2v) is 6.25. The molecule has 0 atom stereocenters. The number of anilines is 1. The average Bonchev–Trinajstić information content (AvgIpc) is 3.08. The first-order chi connectivity index (χ1) is 12.2. The lowest BCUT2D eigenvalue weighted by Gasteiger charge is -2.09. The topological polar surface area (TPSA) is 83.6 Å². The lowest BCUT2D eigenvalue weighted by Crippen LogP contribution is -2.06. The molecule has 2 aromatic carbocycles. The SMILES string of the molecule is CC(=O)Nc1cccc(-n2cnnc2SCc2ccc(C#N)cc2)c1. The van der Waals surface area contributed by atoms with Crippen molar-refractivity contribution in [1.82, 2.24) is 14.8 Å². The maximum absolute atomic E-state index is 11.2. The number of rotatable bonds is 5. The first kappa shape index (κ1) is 16.7. The largest absolute Gasteiger partial charge is 0.326 e. The molecule has 7 heteroatoms. The van der Waals surface area contributed by atoms with Gasteiger partial charge in [-0.15, -0.1) is 10.2 Å². The van der Waals surface area contributed by atoms with E-state index in [9.17, 15) is 4.79 Å². The third-order valence-corrected chi connectivity index (χ3v) is 4.43. The normalized spacial score (nSPS) is 10.2. The Kier molecular flexibility index (Phi) is 5.11. The lowest BCUT2D eigenvalue weighted by molar-refractivity contribution is -0.114. The second-order valence-electron chi connectivity index (χ2n) is 5.31. The van der Waals surface area contributed by atoms with Gasteiger partial charge in [-0.1, -0.05) is 30.0 Å². The number of hydrogen-bond donors (Lipinski definition) is 1. The highest BCUT2D eigenvalue weighted by Gasteiger charge is 2.08. The Balaban J connectivity index is 1.76. The predicted octanol–water partition coefficient (Wildman–Crippen LogP) is 3.39. The summed E-state index contributed by atoms with van der Waals surface area (Å²) in [5, 5.41) is 20.5. The Morgan fingerprint density at radius 1 is 1.28 bits per heavy atom. The molecule has 0 aliphatic carbocycles. The molecular weight excluding hydrogens is 334 g/mol. The van der Waals surface area contributed by atoms with E-state index in [-0.39, 0.29) is 5.91 Å². The smallest absolute Gasteiger partial charge is 0.221 e. The van der Waals surface area contributed by atoms with Crippen LogP contribution in [-0.2, 0) is 10.5 Å². The molecule has 124 valence electrons. The number of thioether (sulfide) groups is 1. The van der Waals surface area contributed by atoms with Crippen LogP contribution in [-0.4, -0.2) is 20.7 Å². The number of hydrogen-bond acceptors (Lipinski definition) is 5. The van der Waals surface area contributed by atoms with Crippen LogP contribution in [0.5, 0.6) is 0 Å². The number of nitrogens with zero attached hydrogens (tertiary/aromatic N) is 4. The fourth-order valence-electron chi connectivity index (χ4n) is 2.26. The highest BCUT2D eigenvalue weighted by molar-refractivity contribution is 7.98. The maximum Gasteiger partial charge on any atom is 0.221 e. The van der Waals surface area contributed by atoms with Gasteiger partial charge in [0.05, 0.1) is 17.3 Å². The van der Waals surface area contributed by atoms with Crippen molar-refractivity contribution in [3.63, 3.8) is 0 Å². The van der Waals surface area contributed by atoms with Crippen LogP contribution in [0.2, 0.25) is 0 Å². The average molecular weight is 349 g/mol. The molecule has 0 bridgehead atoms. The molecule has 0 saturated heterocycles. The van der Waals surface area contributed by atoms with E-state index in [0.717, 1.165) is 27.8 Å². The Morgan fingerprint density at radius 3 is 2.80 bits per heavy atom. The molecule has 0 aliphatic rings. The highest BCUT2D eigenvalue weighted by Crippen LogP contribution is 2.24. The molecule has 0 unspecified atom stereocenters. The number of carbonyl (C=O) groups is 1. The minimum atomic E-state index is -0.115. The van der Waals surface area contributed by atoms with Crippen LogP contribution < -0.4 is 5.32 Å². The number of nitriles is 1. The van der Waals surface area contributed by atoms with Gasteiger partial charge in [-0.3, -0.25) is 9.36 Å². The van der Waals surface area contributed by atoms with E-state index in [2.05, 4.69) is 21.6 Å². The monoisotopic (exact) mass is 349 g/mol. The molecule has 0 radical (unpaired) electrons. The summed E-state index contributed by atoms with van der Waals surface area (Å²) < 4.78 is 1.87. The van der Waals surface area contributed by atoms with E-state index in [4.69, 9.17) is 5.26 Å². The van der Waals surface area contributed by atoms with Gasteiger partial charge in [0, 0.05) is 18.4 Å². The molecule has 0 aliphatic heterocycles. The molecule has 1 heterocycles. The van der Waals surface area contributed by atoms with Crippen LogP contribution in [0.3, 0.4) is 0 Å². The number of carbonyl (C=O) groups excluding carboxylic acids is 1. The van der Waals surface area contributed by atoms with Crippen LogP contribution in [0.4, 0.5) is 5.69 Å². The standard InChI is InChI=1S/C18H15N5OS/c1-13(24)21-16-3-2-4-17(9-16)23-12-20-22-18(23)25-11-15-7-5-14(10-19)6-8-15/h2-9,12H,11H2,1H3,(H,21,24). The van der Waals surface area contributed by atoms with Crippen molar-refractivity contribution in [3.8, 4) is 11.8 Å². The summed E-state index contributed by atoms with van der Waals surface area (Å²) in [7, 11) is 0. The number of benzene rings is 2. The molecule has 3 aromatic rings. The number of amides is 1. The van der Waals surface area contributed by atoms with Crippen molar-refractivity contribution in [2.45, 2.75) is 17.8 Å². The molecule has 25 heavy (non-hydrogen) atoms. The Labute approximate surface area is 149 Å². The van der Waals surface area contributed by atoms with Crippen LogP contribution >= 0.6 is 11.8 Å². The van der Waals surface area contributed by atoms with Gasteiger partial charge in [0.25, 0.3) is 0 Å². The zero-order valence-corrected chi connectivity index (χ0v) is 14.3. The van der Waals surface area contributed by atoms with Crippen molar-refractivity contribution < 1.29 is 4.79 Å². The van der Waals surface area contributed by atoms with Crippen LogP contribution in [0.1, 0.15) is 18.1 Å². The van der Waals surface area contributed by atoms with Gasteiger partial charge in [0.2, 0.25) is 5.91 Å². The number of nitrogens with one attached hydrogen (secondary N) is 1. The molecule has 3 rings (SSSR count). The van der Waals surface area contributed by atoms with Gasteiger partial charge in [-0.05, 0) is 35.9 Å². The summed E-state index contributed by atoms with van der Waals surface area (Å²) in [6, 6.07) is 17.1. The van der Waals surface area contributed by atoms with E-state index in [0.29, 0.717) is 5.56 Å². The van der Waals surface area contributed by atoms with Gasteiger partial charge in [-0.25, -0.2) is 0 Å². The van der Waals surface area contributed by atoms with E-state index in [1.807, 2.05) is 41.0 Å². The molecule has 0 fully saturated rings. The minimum Gasteiger partial charge on any atom is -0.326 e. The van der Waals surface area contributed by atoms with E-state index in [1.165, 1.54) is 6.92 Å². The first-order valence-corrected chi connectivity index (χ1v) is 8.54. The third-order valence-electron chi connectivity index (χ3n) is 3.41. The summed E-state index contributed by atoms with van der Waals surface area (Å²) in [6.07, 6.45) is 1.65. The molecule has 1 N–H and O–H groups in total. The predicted molar refractivity (Wildman–Crippen MR) is 96.4 cm³/mol. The molecule has 1 aromatic heterocycles. The molecule has 0 saturated carbocycles. The summed E-state index contributed by atoms with van der Waals surface area (Å²) in [4.78, 5) is 11.2. The maximum atomic E-state index is 11.2. The van der Waals surface area contributed by atoms with Gasteiger partial charge in [0.15, 0.2) is 5.16 Å². The minimum absolute atomic E-state index is 0.115. The Bertz CT molecular complexity index is 927. The first-order valence-electron chi connectivity index (χ1n) is 7.55. The van der Waals surface area contributed by atoms with Crippen molar-refractivity contribution in [1.29, 1.82) is 5.26 Å². The van der Waals surface area contributed by atoms with Crippen LogP contribution in [0.15, 0.2) is 60.0 Å². The van der Waals surface area contributed by atoms with Gasteiger partial charge < -0.3 is 5.32 Å². The summed E-state index contributed by atoms with van der Waals surface area (Å²) in [5.41, 5.74) is 3.34. The zero-order valence-electron chi connectivity index (χ0n) is 13.5. The van der Waals surface area contributed by atoms with Crippen molar-refractivity contribution in [2.75, 3.05) is 5.32 Å². The summed E-state index contributed by atoms with van der Waals surface area (Å²) in [6.45, 7) is 1.48. The molecule has 6 nitrogen and oxygen atoms in total. The van der Waals surface area contributed by atoms with E-state index >= 15 is 0 Å². The summed E-state index contributed by atoms with van der Waals surface area (Å²) >= 11 is 1.55. The van der Waals surface area contributed by atoms with Gasteiger partial charge >= 0.3 is 0 Å². The third kappa shape index (κ3) is 4.25. The van der Waals surface area contributed by atoms with Crippen LogP contribution in [0, 0.1) is 11.3 Å². The molecule has 0 spiro atoms. The van der Waals surface area contributed by atoms with Crippen molar-refractivity contribution >= 4 is 23.4 Å². The van der Waals surface area contributed by atoms with Crippen molar-refractivity contribution in [2.24, 2.45) is 0 Å². The van der Waals surface area contributed by atoms with Gasteiger partial charge in [-0.2, -0.15) is 5.26 Å². The Hall–Kier alpha value is -3.11. The quantitative estimate of drug-likeness (QED) is 0.714. The summed E-state index contributed by atoms with van der Waals surface area (Å²) in [5.74, 6) is 0.604. The lowest BCUT2D eigenvalue weighted by atomic mass is 10.2. The Morgan fingerprint density at radius 2 is 2.08 bits per heavy atom. The fraction of sp³-hybridized carbons (Fsp3) is 0.111. The zero-order chi connectivity index (χ0) is 17.6. The molecular formula is C18H15N5OS. The van der Waals surface area contributed by atoms with Crippen LogP contribution in [0.25, 0.3) is 5.69 Å². The highest BCUT2D eigenvalue weighted by atomic mass is 32.2. The fourth-order valence-corrected chi connectivity index (χ4v) is 3.14. The molecule has 1 amide bonds. The number of aromatic nitrogens is 3.